The topological polar surface area (TPSA) is 67.4 Å². The van der Waals surface area contributed by atoms with Crippen molar-refractivity contribution in [3.63, 3.8) is 0 Å². The van der Waals surface area contributed by atoms with Gasteiger partial charge >= 0.3 is 5.97 Å². The van der Waals surface area contributed by atoms with Crippen molar-refractivity contribution in [3.05, 3.63) is 0 Å². The van der Waals surface area contributed by atoms with E-state index >= 15 is 0 Å². The van der Waals surface area contributed by atoms with E-state index in [1.807, 2.05) is 20.8 Å². The van der Waals surface area contributed by atoms with Crippen molar-refractivity contribution in [3.8, 4) is 0 Å². The lowest BCUT2D eigenvalue weighted by atomic mass is 10.2. The quantitative estimate of drug-likeness (QED) is 0.650. The summed E-state index contributed by atoms with van der Waals surface area (Å²) >= 11 is 0. The van der Waals surface area contributed by atoms with Crippen LogP contribution in [0, 0.1) is 0 Å². The third kappa shape index (κ3) is 5.11. The summed E-state index contributed by atoms with van der Waals surface area (Å²) in [6.45, 7) is 7.37. The highest BCUT2D eigenvalue weighted by Crippen LogP contribution is 1.97. The molecule has 0 heterocycles. The fraction of sp³-hybridized carbons (Fsp3) is 0.818. The van der Waals surface area contributed by atoms with E-state index in [2.05, 4.69) is 15.4 Å². The van der Waals surface area contributed by atoms with Gasteiger partial charge in [0.2, 0.25) is 5.91 Å². The zero-order valence-electron chi connectivity index (χ0n) is 10.7. The second kappa shape index (κ2) is 7.22. The summed E-state index contributed by atoms with van der Waals surface area (Å²) in [6, 6.07) is -0.751. The summed E-state index contributed by atoms with van der Waals surface area (Å²) in [6.07, 6.45) is 0.589. The third-order valence-corrected chi connectivity index (χ3v) is 2.17. The lowest BCUT2D eigenvalue weighted by Gasteiger charge is -2.20. The maximum absolute atomic E-state index is 11.6. The molecule has 0 aliphatic heterocycles. The van der Waals surface area contributed by atoms with Crippen LogP contribution >= 0.6 is 0 Å². The summed E-state index contributed by atoms with van der Waals surface area (Å²) < 4.78 is 4.63. The number of carbonyl (C=O) groups excluding carboxylic acids is 2. The van der Waals surface area contributed by atoms with E-state index in [4.69, 9.17) is 0 Å². The summed E-state index contributed by atoms with van der Waals surface area (Å²) in [4.78, 5) is 22.9. The second-order valence-electron chi connectivity index (χ2n) is 4.04. The molecule has 2 N–H and O–H groups in total. The van der Waals surface area contributed by atoms with Crippen molar-refractivity contribution in [2.24, 2.45) is 0 Å². The van der Waals surface area contributed by atoms with Crippen molar-refractivity contribution >= 4 is 11.9 Å². The van der Waals surface area contributed by atoms with Gasteiger partial charge in [0, 0.05) is 6.04 Å². The van der Waals surface area contributed by atoms with Gasteiger partial charge in [-0.1, -0.05) is 6.92 Å². The van der Waals surface area contributed by atoms with Crippen LogP contribution in [0.1, 0.15) is 34.1 Å². The van der Waals surface area contributed by atoms with Gasteiger partial charge in [-0.05, 0) is 27.2 Å². The molecule has 0 aliphatic rings. The summed E-state index contributed by atoms with van der Waals surface area (Å²) in [5.74, 6) is -0.455. The summed E-state index contributed by atoms with van der Waals surface area (Å²) in [5, 5.41) is 5.71. The zero-order valence-corrected chi connectivity index (χ0v) is 10.7. The third-order valence-electron chi connectivity index (χ3n) is 2.17. The number of nitrogens with one attached hydrogen (secondary N) is 2. The molecule has 0 saturated heterocycles. The van der Waals surface area contributed by atoms with Crippen LogP contribution in [0.4, 0.5) is 0 Å². The Morgan fingerprint density at radius 1 is 1.25 bits per heavy atom. The van der Waals surface area contributed by atoms with Crippen LogP contribution in [0.25, 0.3) is 0 Å². The Bertz CT molecular complexity index is 241. The van der Waals surface area contributed by atoms with Crippen LogP contribution in [-0.4, -0.2) is 37.1 Å². The summed E-state index contributed by atoms with van der Waals surface area (Å²) in [5.41, 5.74) is 0. The van der Waals surface area contributed by atoms with Crippen LogP contribution in [0.2, 0.25) is 0 Å². The second-order valence-corrected chi connectivity index (χ2v) is 4.04. The largest absolute Gasteiger partial charge is 0.468 e. The highest BCUT2D eigenvalue weighted by Gasteiger charge is 2.22. The lowest BCUT2D eigenvalue weighted by Crippen LogP contribution is -2.50. The van der Waals surface area contributed by atoms with Gasteiger partial charge in [0.1, 0.15) is 6.04 Å². The monoisotopic (exact) mass is 230 g/mol. The molecule has 5 nitrogen and oxygen atoms in total. The molecule has 0 aromatic carbocycles. The molecule has 0 aliphatic carbocycles. The molecule has 0 bridgehead atoms. The van der Waals surface area contributed by atoms with Crippen LogP contribution in [0.3, 0.4) is 0 Å². The standard InChI is InChI=1S/C11H22N2O3/c1-6-9(11(15)16-5)13-8(4)10(14)12-7(2)3/h7-9,13H,6H2,1-5H3,(H,12,14). The molecular weight excluding hydrogens is 208 g/mol. The van der Waals surface area contributed by atoms with Gasteiger partial charge in [-0.2, -0.15) is 0 Å². The first-order valence-electron chi connectivity index (χ1n) is 5.56. The Labute approximate surface area is 96.9 Å². The number of hydrogen-bond donors (Lipinski definition) is 2. The average molecular weight is 230 g/mol. The highest BCUT2D eigenvalue weighted by molar-refractivity contribution is 5.83. The Morgan fingerprint density at radius 3 is 2.19 bits per heavy atom. The van der Waals surface area contributed by atoms with Crippen LogP contribution in [0.15, 0.2) is 0 Å². The molecule has 16 heavy (non-hydrogen) atoms. The van der Waals surface area contributed by atoms with Crippen molar-refractivity contribution in [2.75, 3.05) is 7.11 Å². The van der Waals surface area contributed by atoms with E-state index in [0.29, 0.717) is 6.42 Å². The molecule has 0 aromatic heterocycles. The van der Waals surface area contributed by atoms with Gasteiger partial charge in [0.15, 0.2) is 0 Å². The van der Waals surface area contributed by atoms with Crippen LogP contribution < -0.4 is 10.6 Å². The van der Waals surface area contributed by atoms with Crippen LogP contribution in [0.5, 0.6) is 0 Å². The Kier molecular flexibility index (Phi) is 6.72. The van der Waals surface area contributed by atoms with Crippen molar-refractivity contribution < 1.29 is 14.3 Å². The van der Waals surface area contributed by atoms with E-state index < -0.39 is 12.1 Å². The first-order valence-corrected chi connectivity index (χ1v) is 5.56. The molecule has 1 amide bonds. The van der Waals surface area contributed by atoms with Crippen molar-refractivity contribution in [1.29, 1.82) is 0 Å². The minimum atomic E-state index is -0.432. The Hall–Kier alpha value is -1.10. The first-order chi connectivity index (χ1) is 7.42. The molecule has 0 radical (unpaired) electrons. The maximum atomic E-state index is 11.6. The minimum Gasteiger partial charge on any atom is -0.468 e. The first kappa shape index (κ1) is 14.9. The van der Waals surface area contributed by atoms with E-state index in [9.17, 15) is 9.59 Å². The van der Waals surface area contributed by atoms with E-state index in [1.165, 1.54) is 7.11 Å². The van der Waals surface area contributed by atoms with Gasteiger partial charge < -0.3 is 10.1 Å². The Balaban J connectivity index is 4.24. The zero-order chi connectivity index (χ0) is 12.7. The predicted molar refractivity (Wildman–Crippen MR) is 62.0 cm³/mol. The molecule has 0 rings (SSSR count). The lowest BCUT2D eigenvalue weighted by molar-refractivity contribution is -0.143. The van der Waals surface area contributed by atoms with E-state index in [1.54, 1.807) is 6.92 Å². The number of methoxy groups -OCH3 is 1. The maximum Gasteiger partial charge on any atom is 0.322 e. The highest BCUT2D eigenvalue weighted by atomic mass is 16.5. The number of hydrogen-bond acceptors (Lipinski definition) is 4. The SMILES string of the molecule is CCC(NC(C)C(=O)NC(C)C)C(=O)OC. The number of esters is 1. The average Bonchev–Trinajstić information content (AvgIpc) is 2.23. The van der Waals surface area contributed by atoms with Gasteiger partial charge in [-0.25, -0.2) is 0 Å². The molecular formula is C11H22N2O3. The van der Waals surface area contributed by atoms with Crippen LogP contribution in [-0.2, 0) is 14.3 Å². The molecule has 0 spiro atoms. The molecule has 2 unspecified atom stereocenters. The van der Waals surface area contributed by atoms with Gasteiger partial charge in [0.05, 0.1) is 13.2 Å². The van der Waals surface area contributed by atoms with Gasteiger partial charge in [-0.3, -0.25) is 14.9 Å². The molecule has 2 atom stereocenters. The van der Waals surface area contributed by atoms with E-state index in [0.717, 1.165) is 0 Å². The molecule has 0 aromatic rings. The van der Waals surface area contributed by atoms with Crippen molar-refractivity contribution in [2.45, 2.75) is 52.2 Å². The molecule has 0 fully saturated rings. The number of amides is 1. The number of carbonyl (C=O) groups is 2. The molecule has 94 valence electrons. The van der Waals surface area contributed by atoms with Crippen molar-refractivity contribution in [1.82, 2.24) is 10.6 Å². The summed E-state index contributed by atoms with van der Waals surface area (Å²) in [7, 11) is 1.34. The number of ether oxygens (including phenoxy) is 1. The molecule has 0 saturated carbocycles. The van der Waals surface area contributed by atoms with Gasteiger partial charge in [-0.15, -0.1) is 0 Å². The fourth-order valence-electron chi connectivity index (χ4n) is 1.28. The number of rotatable bonds is 6. The smallest absolute Gasteiger partial charge is 0.322 e. The van der Waals surface area contributed by atoms with E-state index in [-0.39, 0.29) is 17.9 Å². The molecule has 5 heteroatoms. The predicted octanol–water partition coefficient (Wildman–Crippen LogP) is 0.441. The minimum absolute atomic E-state index is 0.0925. The fourth-order valence-corrected chi connectivity index (χ4v) is 1.28. The normalized spacial score (nSPS) is 14.4. The van der Waals surface area contributed by atoms with Gasteiger partial charge in [0.25, 0.3) is 0 Å². The Morgan fingerprint density at radius 2 is 1.81 bits per heavy atom.